The first-order chi connectivity index (χ1) is 19.9. The summed E-state index contributed by atoms with van der Waals surface area (Å²) >= 11 is 0.976. The Balaban J connectivity index is 0.000000950. The number of unbranched alkanes of at least 4 members (excludes halogenated alkanes) is 1. The number of alkyl halides is 3. The maximum Gasteiger partial charge on any atom is 0.417 e. The summed E-state index contributed by atoms with van der Waals surface area (Å²) < 4.78 is 49.1. The Kier molecular flexibility index (Phi) is 17.2. The monoisotopic (exact) mass is 584 g/mol. The second-order valence-electron chi connectivity index (χ2n) is 8.26. The predicted molar refractivity (Wildman–Crippen MR) is 168 cm³/mol. The third-order valence-electron chi connectivity index (χ3n) is 5.65. The molecule has 0 amide bonds. The molecule has 1 N–H and O–H groups in total. The summed E-state index contributed by atoms with van der Waals surface area (Å²) in [5.41, 5.74) is 3.00. The minimum Gasteiger partial charge on any atom is -0.494 e. The quantitative estimate of drug-likeness (QED) is 0.209. The van der Waals surface area contributed by atoms with Gasteiger partial charge in [0.2, 0.25) is 0 Å². The summed E-state index contributed by atoms with van der Waals surface area (Å²) in [6, 6.07) is 24.6. The van der Waals surface area contributed by atoms with Crippen LogP contribution >= 0.6 is 11.9 Å². The van der Waals surface area contributed by atoms with Gasteiger partial charge in [-0.15, -0.1) is 0 Å². The van der Waals surface area contributed by atoms with Crippen molar-refractivity contribution in [1.29, 1.82) is 0 Å². The molecule has 1 unspecified atom stereocenters. The molecule has 0 aliphatic rings. The summed E-state index contributed by atoms with van der Waals surface area (Å²) in [5.74, 6) is 0.646. The molecule has 4 rings (SSSR count). The van der Waals surface area contributed by atoms with E-state index in [0.29, 0.717) is 5.75 Å². The van der Waals surface area contributed by atoms with Gasteiger partial charge >= 0.3 is 6.18 Å². The zero-order valence-corrected chi connectivity index (χ0v) is 25.9. The molecule has 222 valence electrons. The van der Waals surface area contributed by atoms with Crippen LogP contribution in [0, 0.1) is 0 Å². The number of pyridine rings is 1. The lowest BCUT2D eigenvalue weighted by molar-refractivity contribution is -0.139. The fraction of sp³-hybridized carbons (Fsp3) is 0.324. The lowest BCUT2D eigenvalue weighted by Gasteiger charge is -2.21. The van der Waals surface area contributed by atoms with Crippen LogP contribution in [0.2, 0.25) is 0 Å². The first-order valence-corrected chi connectivity index (χ1v) is 14.9. The molecule has 0 aliphatic heterocycles. The predicted octanol–water partition coefficient (Wildman–Crippen LogP) is 11.0. The minimum atomic E-state index is -4.43. The van der Waals surface area contributed by atoms with Crippen molar-refractivity contribution < 1.29 is 17.9 Å². The van der Waals surface area contributed by atoms with E-state index in [1.54, 1.807) is 25.6 Å². The Bertz CT molecular complexity index is 1250. The highest BCUT2D eigenvalue weighted by Gasteiger charge is 2.33. The zero-order valence-electron chi connectivity index (χ0n) is 25.1. The SMILES string of the molecule is CC.CC.CCCC.COc1cnccc1-c1cccc(C(NSc2ccccc2C(F)(F)F)c2ccccc2)c1. The van der Waals surface area contributed by atoms with Gasteiger partial charge in [-0.2, -0.15) is 13.2 Å². The number of rotatable bonds is 8. The number of halogens is 3. The van der Waals surface area contributed by atoms with Crippen molar-refractivity contribution in [3.05, 3.63) is 114 Å². The first kappa shape index (κ1) is 35.7. The van der Waals surface area contributed by atoms with E-state index < -0.39 is 11.7 Å². The smallest absolute Gasteiger partial charge is 0.417 e. The van der Waals surface area contributed by atoms with Crippen molar-refractivity contribution in [3.63, 3.8) is 0 Å². The highest BCUT2D eigenvalue weighted by Crippen LogP contribution is 2.38. The molecule has 0 bridgehead atoms. The topological polar surface area (TPSA) is 34.1 Å². The Morgan fingerprint density at radius 3 is 2.02 bits per heavy atom. The summed E-state index contributed by atoms with van der Waals surface area (Å²) in [5, 5.41) is 0. The van der Waals surface area contributed by atoms with E-state index in [2.05, 4.69) is 23.6 Å². The van der Waals surface area contributed by atoms with Crippen LogP contribution in [0.3, 0.4) is 0 Å². The van der Waals surface area contributed by atoms with Gasteiger partial charge in [-0.3, -0.25) is 4.98 Å². The van der Waals surface area contributed by atoms with Gasteiger partial charge < -0.3 is 4.74 Å². The molecule has 3 nitrogen and oxygen atoms in total. The first-order valence-electron chi connectivity index (χ1n) is 14.1. The molecule has 4 aromatic rings. The third kappa shape index (κ3) is 11.2. The van der Waals surface area contributed by atoms with Crippen molar-refractivity contribution in [1.82, 2.24) is 9.71 Å². The van der Waals surface area contributed by atoms with Gasteiger partial charge in [0.25, 0.3) is 0 Å². The average Bonchev–Trinajstić information content (AvgIpc) is 3.03. The van der Waals surface area contributed by atoms with Gasteiger partial charge in [0, 0.05) is 16.7 Å². The summed E-state index contributed by atoms with van der Waals surface area (Å²) in [7, 11) is 1.59. The van der Waals surface area contributed by atoms with Crippen molar-refractivity contribution >= 4 is 11.9 Å². The van der Waals surface area contributed by atoms with E-state index in [0.717, 1.165) is 40.3 Å². The molecular weight excluding hydrogens is 541 g/mol. The van der Waals surface area contributed by atoms with E-state index >= 15 is 0 Å². The van der Waals surface area contributed by atoms with E-state index in [9.17, 15) is 13.2 Å². The van der Waals surface area contributed by atoms with Crippen LogP contribution in [-0.2, 0) is 6.18 Å². The lowest BCUT2D eigenvalue weighted by atomic mass is 9.96. The number of nitrogens with one attached hydrogen (secondary N) is 1. The molecule has 7 heteroatoms. The zero-order chi connectivity index (χ0) is 30.7. The van der Waals surface area contributed by atoms with E-state index in [4.69, 9.17) is 4.74 Å². The highest BCUT2D eigenvalue weighted by atomic mass is 32.2. The van der Waals surface area contributed by atoms with Crippen LogP contribution in [0.1, 0.15) is 77.1 Å². The van der Waals surface area contributed by atoms with Gasteiger partial charge in [-0.05, 0) is 52.9 Å². The lowest BCUT2D eigenvalue weighted by Crippen LogP contribution is -2.17. The van der Waals surface area contributed by atoms with Crippen molar-refractivity contribution in [2.75, 3.05) is 7.11 Å². The summed E-state index contributed by atoms with van der Waals surface area (Å²) in [4.78, 5) is 4.23. The Morgan fingerprint density at radius 2 is 1.41 bits per heavy atom. The number of benzene rings is 3. The normalized spacial score (nSPS) is 11.0. The van der Waals surface area contributed by atoms with Crippen LogP contribution in [0.15, 0.2) is 102 Å². The average molecular weight is 585 g/mol. The number of aromatic nitrogens is 1. The van der Waals surface area contributed by atoms with Gasteiger partial charge in [0.15, 0.2) is 0 Å². The van der Waals surface area contributed by atoms with E-state index in [1.807, 2.05) is 88.4 Å². The van der Waals surface area contributed by atoms with Gasteiger partial charge in [-0.25, -0.2) is 4.72 Å². The van der Waals surface area contributed by atoms with Crippen molar-refractivity contribution in [2.45, 2.75) is 71.5 Å². The van der Waals surface area contributed by atoms with Gasteiger partial charge in [0.05, 0.1) is 24.9 Å². The number of nitrogens with zero attached hydrogens (tertiary/aromatic N) is 1. The Labute approximate surface area is 248 Å². The second-order valence-corrected chi connectivity index (χ2v) is 9.14. The Morgan fingerprint density at radius 1 is 0.805 bits per heavy atom. The number of ether oxygens (including phenoxy) is 1. The molecule has 41 heavy (non-hydrogen) atoms. The fourth-order valence-electron chi connectivity index (χ4n) is 3.55. The van der Waals surface area contributed by atoms with Gasteiger partial charge in [0.1, 0.15) is 5.75 Å². The second kappa shape index (κ2) is 19.7. The molecule has 0 aliphatic carbocycles. The highest BCUT2D eigenvalue weighted by molar-refractivity contribution is 7.97. The summed E-state index contributed by atoms with van der Waals surface area (Å²) in [6.45, 7) is 12.4. The molecule has 3 aromatic carbocycles. The standard InChI is InChI=1S/C26H21F3N2OS.C4H10.2C2H6/c1-32-23-17-30-15-14-21(23)19-10-7-11-20(16-19)25(18-8-3-2-4-9-18)31-33-24-13-6-5-12-22(24)26(27,28)29;1-3-4-2;2*1-2/h2-17,25,31H,1H3;3-4H2,1-2H3;2*1-2H3. The van der Waals surface area contributed by atoms with E-state index in [-0.39, 0.29) is 10.9 Å². The molecule has 0 radical (unpaired) electrons. The molecule has 0 spiro atoms. The number of methoxy groups -OCH3 is 1. The minimum absolute atomic E-state index is 0.123. The fourth-order valence-corrected chi connectivity index (χ4v) is 4.51. The Hall–Kier alpha value is -3.29. The molecular formula is C34H43F3N2OS. The molecule has 1 atom stereocenters. The van der Waals surface area contributed by atoms with Crippen LogP contribution in [0.25, 0.3) is 11.1 Å². The maximum atomic E-state index is 13.5. The van der Waals surface area contributed by atoms with E-state index in [1.165, 1.54) is 25.0 Å². The molecule has 0 saturated carbocycles. The third-order valence-corrected chi connectivity index (χ3v) is 6.58. The van der Waals surface area contributed by atoms with Crippen LogP contribution in [-0.4, -0.2) is 12.1 Å². The molecule has 1 aromatic heterocycles. The molecule has 0 fully saturated rings. The van der Waals surface area contributed by atoms with Crippen molar-refractivity contribution in [3.8, 4) is 16.9 Å². The van der Waals surface area contributed by atoms with Crippen molar-refractivity contribution in [2.24, 2.45) is 0 Å². The van der Waals surface area contributed by atoms with Crippen LogP contribution in [0.4, 0.5) is 13.2 Å². The van der Waals surface area contributed by atoms with Crippen LogP contribution in [0.5, 0.6) is 5.75 Å². The van der Waals surface area contributed by atoms with Crippen LogP contribution < -0.4 is 9.46 Å². The van der Waals surface area contributed by atoms with Gasteiger partial charge in [-0.1, -0.05) is 115 Å². The largest absolute Gasteiger partial charge is 0.494 e. The number of hydrogen-bond acceptors (Lipinski definition) is 4. The maximum absolute atomic E-state index is 13.5. The summed E-state index contributed by atoms with van der Waals surface area (Å²) in [6.07, 6.45) is 1.56. The molecule has 0 saturated heterocycles. The number of hydrogen-bond donors (Lipinski definition) is 1. The molecule has 1 heterocycles.